The van der Waals surface area contributed by atoms with Crippen molar-refractivity contribution in [3.8, 4) is 11.8 Å². The minimum absolute atomic E-state index is 0.0119. The molecule has 1 unspecified atom stereocenters. The summed E-state index contributed by atoms with van der Waals surface area (Å²) in [5.74, 6) is -1.40. The Hall–Kier alpha value is -4.00. The Morgan fingerprint density at radius 2 is 1.81 bits per heavy atom. The summed E-state index contributed by atoms with van der Waals surface area (Å²) in [4.78, 5) is 14.9. The molecule has 11 heteroatoms. The summed E-state index contributed by atoms with van der Waals surface area (Å²) in [5.41, 5.74) is 9.24. The molecule has 0 fully saturated rings. The number of nitrogens with two attached hydrogens (primary N) is 1. The monoisotopic (exact) mass is 629 g/mol. The third kappa shape index (κ3) is 5.69. The second kappa shape index (κ2) is 11.6. The first-order valence-corrected chi connectivity index (χ1v) is 14.1. The number of hydrogen-bond acceptors (Lipinski definition) is 5. The van der Waals surface area contributed by atoms with Crippen LogP contribution in [0, 0.1) is 31.0 Å². The molecule has 0 saturated heterocycles. The van der Waals surface area contributed by atoms with Crippen LogP contribution in [0.25, 0.3) is 0 Å². The van der Waals surface area contributed by atoms with Crippen molar-refractivity contribution in [2.45, 2.75) is 51.8 Å². The predicted molar refractivity (Wildman–Crippen MR) is 156 cm³/mol. The Kier molecular flexibility index (Phi) is 8.21. The van der Waals surface area contributed by atoms with Crippen LogP contribution in [0.5, 0.6) is 5.75 Å². The molecule has 0 aromatic heterocycles. The maximum Gasteiger partial charge on any atom is 0.416 e. The van der Waals surface area contributed by atoms with Gasteiger partial charge in [0.2, 0.25) is 0 Å². The number of hydrogen-bond donors (Lipinski definition) is 1. The van der Waals surface area contributed by atoms with Crippen molar-refractivity contribution in [1.29, 1.82) is 5.26 Å². The van der Waals surface area contributed by atoms with Gasteiger partial charge in [-0.2, -0.15) is 18.4 Å². The van der Waals surface area contributed by atoms with Crippen molar-refractivity contribution in [2.75, 3.05) is 4.90 Å². The first-order chi connectivity index (χ1) is 20.3. The first-order valence-electron chi connectivity index (χ1n) is 13.3. The molecule has 2 N–H and O–H groups in total. The lowest BCUT2D eigenvalue weighted by atomic mass is 9.73. The van der Waals surface area contributed by atoms with Gasteiger partial charge in [0, 0.05) is 17.7 Å². The molecule has 222 valence electrons. The van der Waals surface area contributed by atoms with Gasteiger partial charge in [-0.25, -0.2) is 4.39 Å². The number of Topliss-reactive ketones (excluding diaryl/α,β-unsaturated/α-hetero) is 1. The summed E-state index contributed by atoms with van der Waals surface area (Å²) in [6, 6.07) is 12.6. The predicted octanol–water partition coefficient (Wildman–Crippen LogP) is 8.65. The number of nitrogens with zero attached hydrogens (tertiary/aromatic N) is 2. The molecular formula is C32H25Cl2F4N3O2. The smallest absolute Gasteiger partial charge is 0.416 e. The molecular weight excluding hydrogens is 605 g/mol. The maximum absolute atomic E-state index is 13.7. The second-order valence-electron chi connectivity index (χ2n) is 10.5. The highest BCUT2D eigenvalue weighted by atomic mass is 35.5. The van der Waals surface area contributed by atoms with E-state index in [0.29, 0.717) is 29.7 Å². The lowest BCUT2D eigenvalue weighted by Gasteiger charge is -2.40. The number of carbonyl (C=O) groups excluding carboxylic acids is 1. The molecule has 1 aliphatic carbocycles. The van der Waals surface area contributed by atoms with Crippen molar-refractivity contribution in [1.82, 2.24) is 0 Å². The van der Waals surface area contributed by atoms with Crippen LogP contribution in [0.15, 0.2) is 71.2 Å². The molecule has 0 saturated carbocycles. The summed E-state index contributed by atoms with van der Waals surface area (Å²) in [5, 5.41) is 10.5. The van der Waals surface area contributed by atoms with E-state index in [1.165, 1.54) is 17.0 Å². The van der Waals surface area contributed by atoms with Gasteiger partial charge < -0.3 is 10.5 Å². The zero-order valence-corrected chi connectivity index (χ0v) is 24.6. The van der Waals surface area contributed by atoms with Crippen LogP contribution in [0.1, 0.15) is 53.0 Å². The summed E-state index contributed by atoms with van der Waals surface area (Å²) < 4.78 is 60.4. The molecule has 5 rings (SSSR count). The number of anilines is 1. The molecule has 0 spiro atoms. The van der Waals surface area contributed by atoms with Gasteiger partial charge in [-0.1, -0.05) is 40.9 Å². The number of aryl methyl sites for hydroxylation is 1. The van der Waals surface area contributed by atoms with Crippen molar-refractivity contribution in [2.24, 2.45) is 5.73 Å². The topological polar surface area (TPSA) is 79.3 Å². The molecule has 1 heterocycles. The quantitative estimate of drug-likeness (QED) is 0.286. The zero-order valence-electron chi connectivity index (χ0n) is 23.1. The lowest BCUT2D eigenvalue weighted by Crippen LogP contribution is -2.39. The van der Waals surface area contributed by atoms with Gasteiger partial charge >= 0.3 is 6.18 Å². The van der Waals surface area contributed by atoms with E-state index in [0.717, 1.165) is 41.0 Å². The molecule has 43 heavy (non-hydrogen) atoms. The van der Waals surface area contributed by atoms with E-state index in [4.69, 9.17) is 33.7 Å². The highest BCUT2D eigenvalue weighted by Crippen LogP contribution is 2.49. The van der Waals surface area contributed by atoms with E-state index in [2.05, 4.69) is 6.07 Å². The third-order valence-electron chi connectivity index (χ3n) is 7.72. The number of alkyl halides is 3. The van der Waals surface area contributed by atoms with E-state index in [9.17, 15) is 27.6 Å². The van der Waals surface area contributed by atoms with Gasteiger partial charge in [0.25, 0.3) is 0 Å². The van der Waals surface area contributed by atoms with Crippen molar-refractivity contribution >= 4 is 34.7 Å². The van der Waals surface area contributed by atoms with Gasteiger partial charge in [0.15, 0.2) is 5.78 Å². The maximum atomic E-state index is 13.7. The Bertz CT molecular complexity index is 1760. The van der Waals surface area contributed by atoms with E-state index in [1.54, 1.807) is 0 Å². The normalized spacial score (nSPS) is 17.2. The van der Waals surface area contributed by atoms with Crippen LogP contribution in [0.3, 0.4) is 0 Å². The first kappa shape index (κ1) is 30.5. The Balaban J connectivity index is 1.66. The van der Waals surface area contributed by atoms with Gasteiger partial charge in [-0.05, 0) is 79.8 Å². The zero-order chi connectivity index (χ0) is 31.2. The fourth-order valence-electron chi connectivity index (χ4n) is 5.69. The number of benzene rings is 3. The van der Waals surface area contributed by atoms with Crippen molar-refractivity contribution in [3.05, 3.63) is 115 Å². The minimum atomic E-state index is -4.65. The Morgan fingerprint density at radius 3 is 2.49 bits per heavy atom. The van der Waals surface area contributed by atoms with Gasteiger partial charge in [0.1, 0.15) is 24.0 Å². The molecule has 1 atom stereocenters. The summed E-state index contributed by atoms with van der Waals surface area (Å²) in [6.45, 7) is 3.74. The molecule has 3 aromatic carbocycles. The molecule has 0 bridgehead atoms. The summed E-state index contributed by atoms with van der Waals surface area (Å²) in [7, 11) is 0. The fourth-order valence-corrected chi connectivity index (χ4v) is 6.12. The number of ether oxygens (including phenoxy) is 1. The number of halogens is 6. The van der Waals surface area contributed by atoms with Crippen LogP contribution in [-0.4, -0.2) is 5.78 Å². The van der Waals surface area contributed by atoms with Crippen LogP contribution >= 0.6 is 23.2 Å². The molecule has 5 nitrogen and oxygen atoms in total. The molecule has 3 aromatic rings. The second-order valence-corrected chi connectivity index (χ2v) is 11.3. The number of rotatable bonds is 5. The SMILES string of the molecule is Cc1cc(COc2ccc(F)cc2Cl)c(C)c(C2C(C#N)=C(N)N(c3cc(C(F)(F)F)ccc3Cl)C3=C2C(=O)CCC3)c1. The molecule has 0 amide bonds. The van der Waals surface area contributed by atoms with Crippen molar-refractivity contribution < 1.29 is 27.1 Å². The number of carbonyl (C=O) groups is 1. The van der Waals surface area contributed by atoms with Crippen LogP contribution in [-0.2, 0) is 17.6 Å². The van der Waals surface area contributed by atoms with Crippen LogP contribution in [0.4, 0.5) is 23.2 Å². The number of allylic oxidation sites excluding steroid dienone is 3. The van der Waals surface area contributed by atoms with Crippen LogP contribution in [0.2, 0.25) is 10.0 Å². The number of nitriles is 1. The molecule has 2 aliphatic rings. The number of ketones is 1. The Morgan fingerprint density at radius 1 is 1.07 bits per heavy atom. The van der Waals surface area contributed by atoms with E-state index in [-0.39, 0.29) is 51.7 Å². The van der Waals surface area contributed by atoms with Gasteiger partial charge in [-0.3, -0.25) is 9.69 Å². The summed E-state index contributed by atoms with van der Waals surface area (Å²) in [6.07, 6.45) is -3.64. The van der Waals surface area contributed by atoms with E-state index >= 15 is 0 Å². The standard InChI is InChI=1S/C32H25Cl2F4N3O2/c1-16-10-18(15-43-28-9-7-20(35)13-24(28)34)17(2)21(11-16)29-22(14-39)31(40)41(25-4-3-5-27(42)30(25)29)26-12-19(32(36,37)38)6-8-23(26)33/h6-13,29H,3-5,15,40H2,1-2H3. The minimum Gasteiger partial charge on any atom is -0.487 e. The third-order valence-corrected chi connectivity index (χ3v) is 8.33. The van der Waals surface area contributed by atoms with E-state index in [1.807, 2.05) is 26.0 Å². The van der Waals surface area contributed by atoms with E-state index < -0.39 is 23.5 Å². The van der Waals surface area contributed by atoms with Crippen LogP contribution < -0.4 is 15.4 Å². The van der Waals surface area contributed by atoms with Gasteiger partial charge in [0.05, 0.1) is 38.9 Å². The fraction of sp³-hybridized carbons (Fsp3) is 0.250. The Labute approximate surface area is 255 Å². The largest absolute Gasteiger partial charge is 0.487 e. The highest BCUT2D eigenvalue weighted by molar-refractivity contribution is 6.33. The highest BCUT2D eigenvalue weighted by Gasteiger charge is 2.42. The summed E-state index contributed by atoms with van der Waals surface area (Å²) >= 11 is 12.5. The molecule has 0 radical (unpaired) electrons. The van der Waals surface area contributed by atoms with Gasteiger partial charge in [-0.15, -0.1) is 0 Å². The average molecular weight is 630 g/mol. The molecule has 1 aliphatic heterocycles. The average Bonchev–Trinajstić information content (AvgIpc) is 2.93. The lowest BCUT2D eigenvalue weighted by molar-refractivity contribution is -0.137. The van der Waals surface area contributed by atoms with Crippen molar-refractivity contribution in [3.63, 3.8) is 0 Å².